The number of fused-ring (bicyclic) bond motifs is 1. The van der Waals surface area contributed by atoms with Gasteiger partial charge in [0.1, 0.15) is 6.10 Å². The molecule has 9 heteroatoms. The van der Waals surface area contributed by atoms with E-state index in [0.717, 1.165) is 6.42 Å². The Kier molecular flexibility index (Phi) is 5.33. The molecule has 1 N–H and O–H groups in total. The first-order valence-electron chi connectivity index (χ1n) is 9.49. The molecule has 6 atom stereocenters. The Hall–Kier alpha value is -2.42. The van der Waals surface area contributed by atoms with Crippen molar-refractivity contribution in [1.82, 2.24) is 0 Å². The van der Waals surface area contributed by atoms with E-state index in [9.17, 15) is 19.2 Å². The van der Waals surface area contributed by atoms with Gasteiger partial charge in [0.15, 0.2) is 6.61 Å². The highest BCUT2D eigenvalue weighted by Gasteiger charge is 2.68. The van der Waals surface area contributed by atoms with Gasteiger partial charge in [-0.2, -0.15) is 0 Å². The van der Waals surface area contributed by atoms with Crippen LogP contribution in [0.4, 0.5) is 5.69 Å². The van der Waals surface area contributed by atoms with Gasteiger partial charge in [-0.3, -0.25) is 14.4 Å². The Morgan fingerprint density at radius 3 is 2.59 bits per heavy atom. The predicted octanol–water partition coefficient (Wildman–Crippen LogP) is 1.92. The molecule has 3 aliphatic rings. The van der Waals surface area contributed by atoms with Gasteiger partial charge in [-0.15, -0.1) is 0 Å². The summed E-state index contributed by atoms with van der Waals surface area (Å²) in [7, 11) is 0. The Labute approximate surface area is 175 Å². The van der Waals surface area contributed by atoms with Crippen LogP contribution in [0.25, 0.3) is 0 Å². The van der Waals surface area contributed by atoms with Crippen LogP contribution in [0.15, 0.2) is 24.3 Å². The molecule has 1 aromatic carbocycles. The number of carbonyl (C=O) groups excluding carboxylic acids is 4. The van der Waals surface area contributed by atoms with Crippen molar-refractivity contribution >= 4 is 45.4 Å². The zero-order valence-electron chi connectivity index (χ0n) is 15.6. The number of esters is 3. The van der Waals surface area contributed by atoms with Crippen molar-refractivity contribution in [3.8, 4) is 0 Å². The molecule has 29 heavy (non-hydrogen) atoms. The summed E-state index contributed by atoms with van der Waals surface area (Å²) in [5.74, 6) is -2.86. The molecular formula is C20H20BrNO7. The smallest absolute Gasteiger partial charge is 0.338 e. The number of ether oxygens (including phenoxy) is 3. The molecule has 8 nitrogen and oxygen atoms in total. The van der Waals surface area contributed by atoms with Gasteiger partial charge in [-0.1, -0.05) is 15.9 Å². The highest BCUT2D eigenvalue weighted by molar-refractivity contribution is 9.09. The van der Waals surface area contributed by atoms with Crippen molar-refractivity contribution in [2.24, 2.45) is 23.7 Å². The summed E-state index contributed by atoms with van der Waals surface area (Å²) in [6.45, 7) is 1.54. The van der Waals surface area contributed by atoms with Gasteiger partial charge in [0.25, 0.3) is 5.91 Å². The Morgan fingerprint density at radius 2 is 1.90 bits per heavy atom. The van der Waals surface area contributed by atoms with E-state index in [0.29, 0.717) is 11.3 Å². The first-order chi connectivity index (χ1) is 13.9. The van der Waals surface area contributed by atoms with Crippen molar-refractivity contribution in [1.29, 1.82) is 0 Å². The fourth-order valence-corrected chi connectivity index (χ4v) is 5.67. The number of amides is 1. The highest BCUT2D eigenvalue weighted by atomic mass is 79.9. The second kappa shape index (κ2) is 7.78. The Balaban J connectivity index is 1.30. The molecule has 1 amide bonds. The third kappa shape index (κ3) is 3.52. The molecule has 0 aromatic heterocycles. The fraction of sp³-hybridized carbons (Fsp3) is 0.500. The molecule has 2 aliphatic carbocycles. The van der Waals surface area contributed by atoms with Gasteiger partial charge >= 0.3 is 17.9 Å². The second-order valence-electron chi connectivity index (χ2n) is 7.41. The van der Waals surface area contributed by atoms with Crippen LogP contribution in [0.3, 0.4) is 0 Å². The minimum absolute atomic E-state index is 0.0209. The minimum Gasteiger partial charge on any atom is -0.462 e. The minimum atomic E-state index is -0.577. The molecule has 0 radical (unpaired) electrons. The normalized spacial score (nSPS) is 31.3. The SMILES string of the molecule is CCOC(=O)c1ccc(NC(=O)COC(=O)[C@H]2[C@@H]3C[C@H]4[C@H](OC(=O)[C@@H]42)[C@@H]3Br)cc1. The molecule has 1 aromatic rings. The lowest BCUT2D eigenvalue weighted by atomic mass is 9.80. The van der Waals surface area contributed by atoms with Crippen molar-refractivity contribution in [2.45, 2.75) is 24.3 Å². The van der Waals surface area contributed by atoms with E-state index in [-0.39, 0.29) is 35.3 Å². The van der Waals surface area contributed by atoms with E-state index in [4.69, 9.17) is 14.2 Å². The molecule has 1 aliphatic heterocycles. The maximum Gasteiger partial charge on any atom is 0.338 e. The van der Waals surface area contributed by atoms with Crippen molar-refractivity contribution in [3.63, 3.8) is 0 Å². The van der Waals surface area contributed by atoms with E-state index in [1.54, 1.807) is 19.1 Å². The van der Waals surface area contributed by atoms with Crippen LogP contribution < -0.4 is 5.32 Å². The average Bonchev–Trinajstić information content (AvgIpc) is 3.31. The standard InChI is InChI=1S/C20H20BrNO7/c1-2-27-18(24)9-3-5-10(6-4-9)22-13(23)8-28-19(25)14-11-7-12-15(14)20(26)29-17(12)16(11)21/h3-6,11-12,14-17H,2,7-8H2,1H3,(H,22,23)/t11-,12+,14-,15-,16+,17-/m0/s1. The number of hydrogen-bond acceptors (Lipinski definition) is 7. The lowest BCUT2D eigenvalue weighted by Gasteiger charge is -2.26. The maximum atomic E-state index is 12.6. The molecular weight excluding hydrogens is 446 g/mol. The summed E-state index contributed by atoms with van der Waals surface area (Å²) in [6, 6.07) is 6.19. The van der Waals surface area contributed by atoms with Crippen molar-refractivity contribution in [3.05, 3.63) is 29.8 Å². The van der Waals surface area contributed by atoms with Crippen molar-refractivity contribution in [2.75, 3.05) is 18.5 Å². The first kappa shape index (κ1) is 19.9. The maximum absolute atomic E-state index is 12.6. The molecule has 2 saturated carbocycles. The lowest BCUT2D eigenvalue weighted by molar-refractivity contribution is -0.157. The second-order valence-corrected chi connectivity index (χ2v) is 8.47. The van der Waals surface area contributed by atoms with Crippen LogP contribution in [-0.4, -0.2) is 48.0 Å². The van der Waals surface area contributed by atoms with Gasteiger partial charge in [0.2, 0.25) is 0 Å². The molecule has 0 unspecified atom stereocenters. The molecule has 0 spiro atoms. The summed E-state index contributed by atoms with van der Waals surface area (Å²) >= 11 is 3.54. The third-order valence-corrected chi connectivity index (χ3v) is 7.02. The zero-order valence-corrected chi connectivity index (χ0v) is 17.2. The predicted molar refractivity (Wildman–Crippen MR) is 103 cm³/mol. The number of benzene rings is 1. The molecule has 1 heterocycles. The molecule has 2 bridgehead atoms. The number of anilines is 1. The van der Waals surface area contributed by atoms with Crippen LogP contribution in [0, 0.1) is 23.7 Å². The number of hydrogen-bond donors (Lipinski definition) is 1. The van der Waals surface area contributed by atoms with Crippen LogP contribution >= 0.6 is 15.9 Å². The van der Waals surface area contributed by atoms with E-state index >= 15 is 0 Å². The van der Waals surface area contributed by atoms with Crippen LogP contribution in [0.2, 0.25) is 0 Å². The van der Waals surface area contributed by atoms with Gasteiger partial charge in [-0.05, 0) is 43.5 Å². The fourth-order valence-electron chi connectivity index (χ4n) is 4.63. The quantitative estimate of drug-likeness (QED) is 0.388. The van der Waals surface area contributed by atoms with E-state index in [1.165, 1.54) is 12.1 Å². The summed E-state index contributed by atoms with van der Waals surface area (Å²) in [5.41, 5.74) is 0.834. The number of alkyl halides is 1. The van der Waals surface area contributed by atoms with E-state index in [1.807, 2.05) is 0 Å². The first-order valence-corrected chi connectivity index (χ1v) is 10.4. The number of nitrogens with one attached hydrogen (secondary N) is 1. The van der Waals surface area contributed by atoms with Gasteiger partial charge in [0.05, 0.1) is 28.8 Å². The number of halogens is 1. The topological polar surface area (TPSA) is 108 Å². The lowest BCUT2D eigenvalue weighted by Crippen LogP contribution is -2.39. The van der Waals surface area contributed by atoms with Crippen LogP contribution in [0.5, 0.6) is 0 Å². The van der Waals surface area contributed by atoms with Crippen LogP contribution in [0.1, 0.15) is 23.7 Å². The molecule has 154 valence electrons. The summed E-state index contributed by atoms with van der Waals surface area (Å²) in [4.78, 5) is 48.4. The van der Waals surface area contributed by atoms with Crippen LogP contribution in [-0.2, 0) is 28.6 Å². The summed E-state index contributed by atoms with van der Waals surface area (Å²) in [5, 5.41) is 2.60. The molecule has 4 rings (SSSR count). The van der Waals surface area contributed by atoms with Gasteiger partial charge < -0.3 is 19.5 Å². The summed E-state index contributed by atoms with van der Waals surface area (Å²) in [6.07, 6.45) is 0.581. The number of carbonyl (C=O) groups is 4. The Morgan fingerprint density at radius 1 is 1.17 bits per heavy atom. The summed E-state index contributed by atoms with van der Waals surface area (Å²) < 4.78 is 15.5. The number of rotatable bonds is 6. The average molecular weight is 466 g/mol. The van der Waals surface area contributed by atoms with E-state index in [2.05, 4.69) is 21.2 Å². The van der Waals surface area contributed by atoms with E-state index < -0.39 is 36.3 Å². The molecule has 1 saturated heterocycles. The monoisotopic (exact) mass is 465 g/mol. The largest absolute Gasteiger partial charge is 0.462 e. The third-order valence-electron chi connectivity index (χ3n) is 5.82. The molecule has 3 fully saturated rings. The van der Waals surface area contributed by atoms with Crippen molar-refractivity contribution < 1.29 is 33.4 Å². The zero-order chi connectivity index (χ0) is 20.7. The van der Waals surface area contributed by atoms with Gasteiger partial charge in [0, 0.05) is 11.6 Å². The highest BCUT2D eigenvalue weighted by Crippen LogP contribution is 2.60. The Bertz CT molecular complexity index is 855. The van der Waals surface area contributed by atoms with Gasteiger partial charge in [-0.25, -0.2) is 4.79 Å².